The van der Waals surface area contributed by atoms with Crippen LogP contribution in [0, 0.1) is 10.1 Å². The number of nitro groups is 1. The van der Waals surface area contributed by atoms with Crippen molar-refractivity contribution in [1.82, 2.24) is 10.6 Å². The number of non-ortho nitro benzene ring substituents is 1. The number of urea groups is 1. The molecule has 126 valence electrons. The van der Waals surface area contributed by atoms with Crippen LogP contribution in [-0.4, -0.2) is 36.1 Å². The molecule has 1 atom stereocenters. The van der Waals surface area contributed by atoms with Crippen molar-refractivity contribution in [3.63, 3.8) is 0 Å². The molecule has 0 fully saturated rings. The second-order valence-electron chi connectivity index (χ2n) is 4.97. The van der Waals surface area contributed by atoms with Crippen molar-refractivity contribution in [3.05, 3.63) is 28.3 Å². The first-order valence-corrected chi connectivity index (χ1v) is 6.85. The second-order valence-corrected chi connectivity index (χ2v) is 4.97. The summed E-state index contributed by atoms with van der Waals surface area (Å²) in [5.74, 6) is -0.410. The number of hydrogen-bond acceptors (Lipinski definition) is 6. The number of carbonyl (C=O) groups excluding carboxylic acids is 2. The van der Waals surface area contributed by atoms with Gasteiger partial charge in [0, 0.05) is 12.1 Å². The van der Waals surface area contributed by atoms with E-state index in [0.717, 1.165) is 6.07 Å². The van der Waals surface area contributed by atoms with Crippen molar-refractivity contribution in [2.24, 2.45) is 0 Å². The zero-order chi connectivity index (χ0) is 17.6. The summed E-state index contributed by atoms with van der Waals surface area (Å²) < 4.78 is 10.4. The van der Waals surface area contributed by atoms with E-state index in [9.17, 15) is 19.7 Å². The Hall–Kier alpha value is -2.84. The number of imide groups is 1. The average Bonchev–Trinajstić information content (AvgIpc) is 2.45. The summed E-state index contributed by atoms with van der Waals surface area (Å²) >= 11 is 0. The van der Waals surface area contributed by atoms with Crippen LogP contribution in [0.4, 0.5) is 10.5 Å². The van der Waals surface area contributed by atoms with Crippen LogP contribution in [0.15, 0.2) is 18.2 Å². The molecular weight excluding hydrogens is 306 g/mol. The largest absolute Gasteiger partial charge is 0.493 e. The van der Waals surface area contributed by atoms with Gasteiger partial charge in [0.1, 0.15) is 0 Å². The highest BCUT2D eigenvalue weighted by Crippen LogP contribution is 2.31. The van der Waals surface area contributed by atoms with Crippen molar-refractivity contribution in [3.8, 4) is 11.5 Å². The fourth-order valence-electron chi connectivity index (χ4n) is 1.63. The topological polar surface area (TPSA) is 120 Å². The molecule has 0 aliphatic carbocycles. The Morgan fingerprint density at radius 1 is 1.22 bits per heavy atom. The lowest BCUT2D eigenvalue weighted by Gasteiger charge is -2.16. The number of hydrogen-bond donors (Lipinski definition) is 2. The van der Waals surface area contributed by atoms with E-state index in [1.807, 2.05) is 0 Å². The monoisotopic (exact) mass is 325 g/mol. The fourth-order valence-corrected chi connectivity index (χ4v) is 1.63. The molecule has 0 saturated carbocycles. The third-order valence-electron chi connectivity index (χ3n) is 2.69. The summed E-state index contributed by atoms with van der Waals surface area (Å²) in [6.07, 6.45) is -1.05. The number of benzene rings is 1. The molecule has 1 aromatic carbocycles. The third kappa shape index (κ3) is 5.46. The third-order valence-corrected chi connectivity index (χ3v) is 2.69. The SMILES string of the molecule is COc1ccc([N+](=O)[O-])cc1O[C@@H](C)C(=O)NC(=O)NC(C)C. The molecule has 9 heteroatoms. The molecule has 0 bridgehead atoms. The van der Waals surface area contributed by atoms with E-state index >= 15 is 0 Å². The molecule has 2 N–H and O–H groups in total. The van der Waals surface area contributed by atoms with Gasteiger partial charge in [0.2, 0.25) is 0 Å². The molecule has 0 aromatic heterocycles. The van der Waals surface area contributed by atoms with Crippen molar-refractivity contribution in [2.75, 3.05) is 7.11 Å². The predicted octanol–water partition coefficient (Wildman–Crippen LogP) is 1.60. The average molecular weight is 325 g/mol. The molecule has 1 rings (SSSR count). The van der Waals surface area contributed by atoms with Gasteiger partial charge in [0.15, 0.2) is 17.6 Å². The van der Waals surface area contributed by atoms with Crippen LogP contribution in [0.1, 0.15) is 20.8 Å². The molecule has 0 heterocycles. The molecule has 0 saturated heterocycles. The van der Waals surface area contributed by atoms with Crippen molar-refractivity contribution >= 4 is 17.6 Å². The first-order chi connectivity index (χ1) is 10.7. The van der Waals surface area contributed by atoms with Gasteiger partial charge in [0.05, 0.1) is 18.1 Å². The second kappa shape index (κ2) is 7.97. The summed E-state index contributed by atoms with van der Waals surface area (Å²) in [6.45, 7) is 4.91. The number of nitrogens with zero attached hydrogens (tertiary/aromatic N) is 1. The molecule has 9 nitrogen and oxygen atoms in total. The van der Waals surface area contributed by atoms with Crippen LogP contribution in [0.25, 0.3) is 0 Å². The first-order valence-electron chi connectivity index (χ1n) is 6.85. The smallest absolute Gasteiger partial charge is 0.321 e. The van der Waals surface area contributed by atoms with Crippen molar-refractivity contribution in [2.45, 2.75) is 32.9 Å². The van der Waals surface area contributed by atoms with Crippen molar-refractivity contribution in [1.29, 1.82) is 0 Å². The summed E-state index contributed by atoms with van der Waals surface area (Å²) in [5.41, 5.74) is -0.203. The van der Waals surface area contributed by atoms with Crippen molar-refractivity contribution < 1.29 is 24.0 Å². The molecule has 0 radical (unpaired) electrons. The molecule has 0 unspecified atom stereocenters. The minimum atomic E-state index is -1.05. The molecule has 1 aromatic rings. The molecular formula is C14H19N3O6. The normalized spacial score (nSPS) is 11.5. The van der Waals surface area contributed by atoms with Crippen LogP contribution in [0.5, 0.6) is 11.5 Å². The number of ether oxygens (including phenoxy) is 2. The predicted molar refractivity (Wildman–Crippen MR) is 81.5 cm³/mol. The van der Waals surface area contributed by atoms with E-state index in [-0.39, 0.29) is 23.2 Å². The van der Waals surface area contributed by atoms with Gasteiger partial charge in [-0.1, -0.05) is 0 Å². The number of carbonyl (C=O) groups is 2. The van der Waals surface area contributed by atoms with Crippen LogP contribution in [0.2, 0.25) is 0 Å². The Bertz CT molecular complexity index is 602. The van der Waals surface area contributed by atoms with Gasteiger partial charge in [-0.05, 0) is 26.8 Å². The van der Waals surface area contributed by atoms with Gasteiger partial charge in [-0.3, -0.25) is 20.2 Å². The Balaban J connectivity index is 2.81. The Kier molecular flexibility index (Phi) is 6.31. The van der Waals surface area contributed by atoms with E-state index in [4.69, 9.17) is 9.47 Å². The highest BCUT2D eigenvalue weighted by molar-refractivity contribution is 5.96. The molecule has 0 spiro atoms. The molecule has 23 heavy (non-hydrogen) atoms. The summed E-state index contributed by atoms with van der Waals surface area (Å²) in [7, 11) is 1.37. The number of amides is 3. The quantitative estimate of drug-likeness (QED) is 0.605. The summed E-state index contributed by atoms with van der Waals surface area (Å²) in [6, 6.07) is 3.00. The van der Waals surface area contributed by atoms with E-state index in [1.165, 1.54) is 26.2 Å². The number of nitrogens with one attached hydrogen (secondary N) is 2. The summed E-state index contributed by atoms with van der Waals surface area (Å²) in [5, 5.41) is 15.4. The highest BCUT2D eigenvalue weighted by atomic mass is 16.6. The van der Waals surface area contributed by atoms with E-state index < -0.39 is 23.0 Å². The minimum absolute atomic E-state index is 0.0358. The van der Waals surface area contributed by atoms with Crippen LogP contribution in [-0.2, 0) is 4.79 Å². The summed E-state index contributed by atoms with van der Waals surface area (Å²) in [4.78, 5) is 33.6. The lowest BCUT2D eigenvalue weighted by atomic mass is 10.2. The van der Waals surface area contributed by atoms with E-state index in [1.54, 1.807) is 13.8 Å². The van der Waals surface area contributed by atoms with Gasteiger partial charge < -0.3 is 14.8 Å². The lowest BCUT2D eigenvalue weighted by Crippen LogP contribution is -2.47. The standard InChI is InChI=1S/C14H19N3O6/c1-8(2)15-14(19)16-13(18)9(3)23-12-7-10(17(20)21)5-6-11(12)22-4/h5-9H,1-4H3,(H2,15,16,18,19)/t9-/m0/s1. The van der Waals surface area contributed by atoms with Gasteiger partial charge in [-0.15, -0.1) is 0 Å². The maximum Gasteiger partial charge on any atom is 0.321 e. The maximum atomic E-state index is 11.9. The van der Waals surface area contributed by atoms with E-state index in [2.05, 4.69) is 10.6 Å². The fraction of sp³-hybridized carbons (Fsp3) is 0.429. The van der Waals surface area contributed by atoms with Gasteiger partial charge >= 0.3 is 6.03 Å². The zero-order valence-corrected chi connectivity index (χ0v) is 13.3. The van der Waals surface area contributed by atoms with Crippen LogP contribution >= 0.6 is 0 Å². The number of methoxy groups -OCH3 is 1. The zero-order valence-electron chi connectivity index (χ0n) is 13.3. The maximum absolute atomic E-state index is 11.9. The van der Waals surface area contributed by atoms with Crippen LogP contribution in [0.3, 0.4) is 0 Å². The Morgan fingerprint density at radius 2 is 1.87 bits per heavy atom. The van der Waals surface area contributed by atoms with E-state index in [0.29, 0.717) is 0 Å². The first kappa shape index (κ1) is 18.2. The molecule has 0 aliphatic rings. The highest BCUT2D eigenvalue weighted by Gasteiger charge is 2.21. The minimum Gasteiger partial charge on any atom is -0.493 e. The van der Waals surface area contributed by atoms with Gasteiger partial charge in [-0.2, -0.15) is 0 Å². The van der Waals surface area contributed by atoms with Crippen LogP contribution < -0.4 is 20.1 Å². The number of nitro benzene ring substituents is 1. The molecule has 0 aliphatic heterocycles. The Labute approximate surface area is 133 Å². The van der Waals surface area contributed by atoms with Gasteiger partial charge in [-0.25, -0.2) is 4.79 Å². The Morgan fingerprint density at radius 3 is 2.39 bits per heavy atom. The lowest BCUT2D eigenvalue weighted by molar-refractivity contribution is -0.385. The number of rotatable bonds is 6. The van der Waals surface area contributed by atoms with Gasteiger partial charge in [0.25, 0.3) is 11.6 Å². The molecule has 3 amide bonds.